The van der Waals surface area contributed by atoms with Crippen molar-refractivity contribution in [1.82, 2.24) is 29.6 Å². The molecule has 0 fully saturated rings. The van der Waals surface area contributed by atoms with Crippen molar-refractivity contribution in [1.29, 1.82) is 0 Å². The van der Waals surface area contributed by atoms with Crippen LogP contribution in [-0.2, 0) is 7.05 Å². The number of fused-ring (bicyclic) bond motifs is 1. The summed E-state index contributed by atoms with van der Waals surface area (Å²) in [6, 6.07) is 3.61. The molecule has 0 aromatic carbocycles. The summed E-state index contributed by atoms with van der Waals surface area (Å²) in [5, 5.41) is 18.1. The van der Waals surface area contributed by atoms with Crippen LogP contribution in [0.5, 0.6) is 0 Å². The molecule has 0 N–H and O–H groups in total. The van der Waals surface area contributed by atoms with E-state index in [4.69, 9.17) is 16.0 Å². The second kappa shape index (κ2) is 4.15. The molecule has 20 heavy (non-hydrogen) atoms. The predicted octanol–water partition coefficient (Wildman–Crippen LogP) is 2.50. The highest BCUT2D eigenvalue weighted by Gasteiger charge is 2.19. The van der Waals surface area contributed by atoms with Crippen LogP contribution < -0.4 is 0 Å². The highest BCUT2D eigenvalue weighted by atomic mass is 35.5. The van der Waals surface area contributed by atoms with Crippen LogP contribution in [0, 0.1) is 0 Å². The number of hydrogen-bond acceptors (Lipinski definition) is 6. The van der Waals surface area contributed by atoms with Gasteiger partial charge in [-0.25, -0.2) is 0 Å². The molecule has 0 spiro atoms. The van der Waals surface area contributed by atoms with E-state index in [0.717, 1.165) is 10.7 Å². The monoisotopic (exact) mass is 306 g/mol. The standard InChI is InChI=1S/C11H7ClN6OS/c1-17-8(6(12)5-13-17)10-16-18-9(7-3-2-4-19-7)14-15-11(18)20-10/h2-5H,1H3. The molecular weight excluding hydrogens is 300 g/mol. The maximum Gasteiger partial charge on any atom is 0.235 e. The second-order valence-corrected chi connectivity index (χ2v) is 5.43. The lowest BCUT2D eigenvalue weighted by atomic mass is 10.4. The molecule has 0 radical (unpaired) electrons. The first-order valence-electron chi connectivity index (χ1n) is 5.68. The fourth-order valence-electron chi connectivity index (χ4n) is 1.92. The Morgan fingerprint density at radius 3 is 2.95 bits per heavy atom. The first kappa shape index (κ1) is 11.6. The van der Waals surface area contributed by atoms with Gasteiger partial charge in [0, 0.05) is 7.05 Å². The van der Waals surface area contributed by atoms with Crippen molar-refractivity contribution in [2.45, 2.75) is 0 Å². The quantitative estimate of drug-likeness (QED) is 0.569. The minimum absolute atomic E-state index is 0.553. The van der Waals surface area contributed by atoms with Crippen molar-refractivity contribution in [3.05, 3.63) is 29.6 Å². The summed E-state index contributed by atoms with van der Waals surface area (Å²) < 4.78 is 8.65. The molecule has 7 nitrogen and oxygen atoms in total. The van der Waals surface area contributed by atoms with Gasteiger partial charge in [-0.05, 0) is 12.1 Å². The van der Waals surface area contributed by atoms with Gasteiger partial charge in [-0.15, -0.1) is 10.2 Å². The number of hydrogen-bond donors (Lipinski definition) is 0. The van der Waals surface area contributed by atoms with Crippen LogP contribution >= 0.6 is 22.9 Å². The average molecular weight is 307 g/mol. The molecule has 0 saturated heterocycles. The fourth-order valence-corrected chi connectivity index (χ4v) is 3.16. The van der Waals surface area contributed by atoms with Gasteiger partial charge in [-0.1, -0.05) is 22.9 Å². The predicted molar refractivity (Wildman–Crippen MR) is 73.6 cm³/mol. The number of aromatic nitrogens is 6. The first-order chi connectivity index (χ1) is 9.74. The second-order valence-electron chi connectivity index (χ2n) is 4.07. The maximum atomic E-state index is 6.13. The number of nitrogens with zero attached hydrogens (tertiary/aromatic N) is 6. The summed E-state index contributed by atoms with van der Waals surface area (Å²) in [6.07, 6.45) is 3.18. The zero-order valence-corrected chi connectivity index (χ0v) is 11.8. The summed E-state index contributed by atoms with van der Waals surface area (Å²) in [6.45, 7) is 0. The molecule has 4 rings (SSSR count). The summed E-state index contributed by atoms with van der Waals surface area (Å²) in [4.78, 5) is 0.670. The molecule has 0 aliphatic carbocycles. The van der Waals surface area contributed by atoms with Crippen LogP contribution in [0.3, 0.4) is 0 Å². The van der Waals surface area contributed by atoms with Crippen LogP contribution in [0.25, 0.3) is 27.2 Å². The Labute approximate surface area is 121 Å². The van der Waals surface area contributed by atoms with Gasteiger partial charge in [0.15, 0.2) is 10.8 Å². The topological polar surface area (TPSA) is 74.0 Å². The first-order valence-corrected chi connectivity index (χ1v) is 6.87. The van der Waals surface area contributed by atoms with Gasteiger partial charge >= 0.3 is 0 Å². The minimum Gasteiger partial charge on any atom is -0.461 e. The van der Waals surface area contributed by atoms with Crippen molar-refractivity contribution in [3.63, 3.8) is 0 Å². The SMILES string of the molecule is Cn1ncc(Cl)c1-c1nn2c(-c3ccco3)nnc2s1. The van der Waals surface area contributed by atoms with E-state index in [1.54, 1.807) is 27.7 Å². The normalized spacial score (nSPS) is 11.5. The van der Waals surface area contributed by atoms with Gasteiger partial charge in [-0.2, -0.15) is 14.7 Å². The molecule has 0 bridgehead atoms. The molecule has 0 atom stereocenters. The van der Waals surface area contributed by atoms with Gasteiger partial charge < -0.3 is 4.42 Å². The summed E-state index contributed by atoms with van der Waals surface area (Å²) in [5.74, 6) is 1.18. The van der Waals surface area contributed by atoms with Crippen LogP contribution in [0.4, 0.5) is 0 Å². The minimum atomic E-state index is 0.553. The molecule has 0 aliphatic rings. The van der Waals surface area contributed by atoms with E-state index in [-0.39, 0.29) is 0 Å². The van der Waals surface area contributed by atoms with Crippen molar-refractivity contribution < 1.29 is 4.42 Å². The lowest BCUT2D eigenvalue weighted by Gasteiger charge is -1.96. The maximum absolute atomic E-state index is 6.13. The third-order valence-corrected chi connectivity index (χ3v) is 4.01. The number of halogens is 1. The lowest BCUT2D eigenvalue weighted by molar-refractivity contribution is 0.575. The molecule has 0 amide bonds. The van der Waals surface area contributed by atoms with Crippen molar-refractivity contribution in [2.24, 2.45) is 7.05 Å². The van der Waals surface area contributed by atoms with Crippen LogP contribution in [0.2, 0.25) is 5.02 Å². The van der Waals surface area contributed by atoms with E-state index in [9.17, 15) is 0 Å². The van der Waals surface area contributed by atoms with Crippen molar-refractivity contribution in [3.8, 4) is 22.3 Å². The summed E-state index contributed by atoms with van der Waals surface area (Å²) in [5.41, 5.74) is 0.757. The molecule has 4 aromatic rings. The Kier molecular flexibility index (Phi) is 2.41. The molecular formula is C11H7ClN6OS. The highest BCUT2D eigenvalue weighted by Crippen LogP contribution is 2.31. The molecule has 0 saturated carbocycles. The van der Waals surface area contributed by atoms with E-state index in [0.29, 0.717) is 21.6 Å². The van der Waals surface area contributed by atoms with Crippen molar-refractivity contribution >= 4 is 27.9 Å². The lowest BCUT2D eigenvalue weighted by Crippen LogP contribution is -1.95. The Balaban J connectivity index is 1.93. The third kappa shape index (κ3) is 1.58. The van der Waals surface area contributed by atoms with E-state index in [1.807, 2.05) is 13.1 Å². The molecule has 4 aromatic heterocycles. The van der Waals surface area contributed by atoms with Crippen LogP contribution in [0.15, 0.2) is 29.0 Å². The van der Waals surface area contributed by atoms with Gasteiger partial charge in [0.25, 0.3) is 0 Å². The third-order valence-electron chi connectivity index (χ3n) is 2.83. The molecule has 4 heterocycles. The van der Waals surface area contributed by atoms with E-state index in [2.05, 4.69) is 20.4 Å². The van der Waals surface area contributed by atoms with E-state index in [1.165, 1.54) is 11.3 Å². The largest absolute Gasteiger partial charge is 0.461 e. The van der Waals surface area contributed by atoms with Gasteiger partial charge in [0.2, 0.25) is 10.8 Å². The molecule has 0 aliphatic heterocycles. The molecule has 100 valence electrons. The number of furan rings is 1. The Bertz CT molecular complexity index is 870. The van der Waals surface area contributed by atoms with Gasteiger partial charge in [-0.3, -0.25) is 4.68 Å². The molecule has 0 unspecified atom stereocenters. The smallest absolute Gasteiger partial charge is 0.235 e. The zero-order valence-electron chi connectivity index (χ0n) is 10.2. The van der Waals surface area contributed by atoms with E-state index >= 15 is 0 Å². The van der Waals surface area contributed by atoms with Crippen molar-refractivity contribution in [2.75, 3.05) is 0 Å². The summed E-state index contributed by atoms with van der Waals surface area (Å²) >= 11 is 7.53. The Hall–Kier alpha value is -2.19. The van der Waals surface area contributed by atoms with Crippen LogP contribution in [-0.4, -0.2) is 29.6 Å². The Morgan fingerprint density at radius 2 is 2.25 bits per heavy atom. The highest BCUT2D eigenvalue weighted by molar-refractivity contribution is 7.19. The zero-order chi connectivity index (χ0) is 13.7. The molecule has 9 heteroatoms. The van der Waals surface area contributed by atoms with E-state index < -0.39 is 0 Å². The van der Waals surface area contributed by atoms with Gasteiger partial charge in [0.1, 0.15) is 5.69 Å². The van der Waals surface area contributed by atoms with Crippen LogP contribution in [0.1, 0.15) is 0 Å². The summed E-state index contributed by atoms with van der Waals surface area (Å²) in [7, 11) is 1.82. The van der Waals surface area contributed by atoms with Gasteiger partial charge in [0.05, 0.1) is 17.5 Å². The number of rotatable bonds is 2. The Morgan fingerprint density at radius 1 is 1.35 bits per heavy atom. The number of aryl methyl sites for hydroxylation is 1. The average Bonchev–Trinajstić information content (AvgIpc) is 3.12. The fraction of sp³-hybridized carbons (Fsp3) is 0.0909.